The van der Waals surface area contributed by atoms with Crippen molar-refractivity contribution in [1.29, 1.82) is 0 Å². The highest BCUT2D eigenvalue weighted by molar-refractivity contribution is 7.99. The number of rotatable bonds is 7. The minimum atomic E-state index is -0.372. The maximum absolute atomic E-state index is 13.7. The molecule has 7 nitrogen and oxygen atoms in total. The Bertz CT molecular complexity index is 1460. The molecule has 0 amide bonds. The largest absolute Gasteiger partial charge is 0.497 e. The topological polar surface area (TPSA) is 75.3 Å². The number of ether oxygens (including phenoxy) is 2. The van der Waals surface area contributed by atoms with Gasteiger partial charge < -0.3 is 9.47 Å². The number of aryl methyl sites for hydroxylation is 1. The molecule has 0 aliphatic heterocycles. The second kappa shape index (κ2) is 9.90. The van der Waals surface area contributed by atoms with Gasteiger partial charge >= 0.3 is 5.97 Å². The van der Waals surface area contributed by atoms with Gasteiger partial charge in [0.2, 0.25) is 0 Å². The normalized spacial score (nSPS) is 11.0. The van der Waals surface area contributed by atoms with Gasteiger partial charge in [0.05, 0.1) is 30.8 Å². The molecule has 0 atom stereocenters. The van der Waals surface area contributed by atoms with Crippen LogP contribution in [-0.4, -0.2) is 39.6 Å². The van der Waals surface area contributed by atoms with Crippen molar-refractivity contribution in [2.24, 2.45) is 0 Å². The van der Waals surface area contributed by atoms with Crippen molar-refractivity contribution < 1.29 is 14.3 Å². The lowest BCUT2D eigenvalue weighted by Gasteiger charge is -2.14. The minimum Gasteiger partial charge on any atom is -0.497 e. The Balaban J connectivity index is 1.97. The summed E-state index contributed by atoms with van der Waals surface area (Å²) in [4.78, 5) is 30.6. The fourth-order valence-electron chi connectivity index (χ4n) is 3.36. The summed E-state index contributed by atoms with van der Waals surface area (Å²) in [6, 6.07) is 15.0. The third-order valence-corrected chi connectivity index (χ3v) is 7.13. The molecule has 0 bridgehead atoms. The molecule has 0 saturated heterocycles. The first kappa shape index (κ1) is 23.2. The first-order valence-electron chi connectivity index (χ1n) is 10.1. The zero-order valence-electron chi connectivity index (χ0n) is 18.2. The third kappa shape index (κ3) is 4.59. The van der Waals surface area contributed by atoms with Gasteiger partial charge in [0.1, 0.15) is 10.4 Å². The summed E-state index contributed by atoms with van der Waals surface area (Å²) in [5.74, 6) is 0.323. The number of para-hydroxylation sites is 1. The zero-order chi connectivity index (χ0) is 23.5. The fraction of sp³-hybridized carbons (Fsp3) is 0.217. The minimum absolute atomic E-state index is 0.0295. The van der Waals surface area contributed by atoms with Crippen LogP contribution in [0.15, 0.2) is 58.5 Å². The Morgan fingerprint density at radius 1 is 1.18 bits per heavy atom. The molecule has 4 aromatic rings. The molecule has 0 radical (unpaired) electrons. The van der Waals surface area contributed by atoms with Crippen molar-refractivity contribution in [3.05, 3.63) is 68.4 Å². The maximum atomic E-state index is 13.7. The van der Waals surface area contributed by atoms with Crippen LogP contribution in [0.25, 0.3) is 21.7 Å². The lowest BCUT2D eigenvalue weighted by Crippen LogP contribution is -2.23. The van der Waals surface area contributed by atoms with E-state index < -0.39 is 0 Å². The van der Waals surface area contributed by atoms with Crippen LogP contribution in [0.1, 0.15) is 12.5 Å². The summed E-state index contributed by atoms with van der Waals surface area (Å²) in [5.41, 5.74) is 2.57. The van der Waals surface area contributed by atoms with Crippen molar-refractivity contribution in [3.8, 4) is 17.1 Å². The summed E-state index contributed by atoms with van der Waals surface area (Å²) in [6.45, 7) is 3.97. The van der Waals surface area contributed by atoms with Gasteiger partial charge in [-0.3, -0.25) is 18.7 Å². The molecule has 0 saturated carbocycles. The molecule has 4 rings (SSSR count). The molecule has 0 aliphatic rings. The molecule has 2 aromatic carbocycles. The predicted octanol–water partition coefficient (Wildman–Crippen LogP) is 4.94. The number of nitrogens with zero attached hydrogens (tertiary/aromatic N) is 3. The van der Waals surface area contributed by atoms with Crippen molar-refractivity contribution >= 4 is 51.6 Å². The Hall–Kier alpha value is -2.95. The van der Waals surface area contributed by atoms with Gasteiger partial charge in [-0.1, -0.05) is 47.4 Å². The summed E-state index contributed by atoms with van der Waals surface area (Å²) < 4.78 is 14.6. The SMILES string of the molecule is CCOC(=O)CSc1nc2c(sc(=S)n2-c2cccc(OC)c2)c(=O)n1-c1ccccc1C. The number of fused-ring (bicyclic) bond motifs is 1. The molecular formula is C23H21N3O4S3. The first-order chi connectivity index (χ1) is 15.9. The van der Waals surface area contributed by atoms with E-state index in [1.165, 1.54) is 11.3 Å². The molecule has 0 fully saturated rings. The average molecular weight is 500 g/mol. The Morgan fingerprint density at radius 3 is 2.70 bits per heavy atom. The molecule has 2 aromatic heterocycles. The van der Waals surface area contributed by atoms with E-state index in [0.29, 0.717) is 30.9 Å². The standard InChI is InChI=1S/C23H21N3O4S3/c1-4-30-18(27)13-32-22-24-20-19(21(28)26(22)17-11-6-5-8-14(17)2)33-23(31)25(20)15-9-7-10-16(12-15)29-3/h5-12H,4,13H2,1-3H3. The second-order valence-corrected chi connectivity index (χ2v) is 9.56. The van der Waals surface area contributed by atoms with E-state index in [0.717, 1.165) is 23.0 Å². The van der Waals surface area contributed by atoms with Gasteiger partial charge in [0.15, 0.2) is 14.8 Å². The monoisotopic (exact) mass is 499 g/mol. The molecule has 0 unspecified atom stereocenters. The molecule has 170 valence electrons. The van der Waals surface area contributed by atoms with Crippen LogP contribution in [-0.2, 0) is 9.53 Å². The van der Waals surface area contributed by atoms with Crippen LogP contribution in [0.3, 0.4) is 0 Å². The van der Waals surface area contributed by atoms with Crippen LogP contribution in [0, 0.1) is 10.9 Å². The van der Waals surface area contributed by atoms with Crippen molar-refractivity contribution in [2.45, 2.75) is 19.0 Å². The van der Waals surface area contributed by atoms with Crippen molar-refractivity contribution in [2.75, 3.05) is 19.5 Å². The van der Waals surface area contributed by atoms with E-state index in [9.17, 15) is 9.59 Å². The van der Waals surface area contributed by atoms with Gasteiger partial charge in [-0.15, -0.1) is 0 Å². The van der Waals surface area contributed by atoms with Gasteiger partial charge in [-0.05, 0) is 49.8 Å². The Kier molecular flexibility index (Phi) is 6.96. The van der Waals surface area contributed by atoms with Gasteiger partial charge in [-0.2, -0.15) is 0 Å². The number of thiazole rings is 1. The second-order valence-electron chi connectivity index (χ2n) is 6.97. The Labute approximate surface area is 203 Å². The zero-order valence-corrected chi connectivity index (χ0v) is 20.7. The summed E-state index contributed by atoms with van der Waals surface area (Å²) in [7, 11) is 1.59. The molecular weight excluding hydrogens is 478 g/mol. The number of aromatic nitrogens is 3. The number of methoxy groups -OCH3 is 1. The van der Waals surface area contributed by atoms with Crippen LogP contribution >= 0.6 is 35.3 Å². The van der Waals surface area contributed by atoms with Gasteiger partial charge in [-0.25, -0.2) is 4.98 Å². The quantitative estimate of drug-likeness (QED) is 0.154. The van der Waals surface area contributed by atoms with Crippen LogP contribution < -0.4 is 10.3 Å². The molecule has 10 heteroatoms. The maximum Gasteiger partial charge on any atom is 0.316 e. The number of esters is 1. The molecule has 0 spiro atoms. The highest BCUT2D eigenvalue weighted by Gasteiger charge is 2.21. The van der Waals surface area contributed by atoms with E-state index in [4.69, 9.17) is 26.7 Å². The fourth-order valence-corrected chi connectivity index (χ4v) is 5.46. The number of benzene rings is 2. The number of hydrogen-bond acceptors (Lipinski definition) is 8. The predicted molar refractivity (Wildman–Crippen MR) is 134 cm³/mol. The molecule has 33 heavy (non-hydrogen) atoms. The van der Waals surface area contributed by atoms with E-state index >= 15 is 0 Å². The van der Waals surface area contributed by atoms with Gasteiger partial charge in [0, 0.05) is 6.07 Å². The molecule has 2 heterocycles. The highest BCUT2D eigenvalue weighted by Crippen LogP contribution is 2.29. The summed E-state index contributed by atoms with van der Waals surface area (Å²) in [5, 5.41) is 0.388. The summed E-state index contributed by atoms with van der Waals surface area (Å²) in [6.07, 6.45) is 0. The third-order valence-electron chi connectivity index (χ3n) is 4.87. The molecule has 0 aliphatic carbocycles. The Morgan fingerprint density at radius 2 is 1.97 bits per heavy atom. The van der Waals surface area contributed by atoms with E-state index in [2.05, 4.69) is 0 Å². The van der Waals surface area contributed by atoms with E-state index in [-0.39, 0.29) is 23.9 Å². The smallest absolute Gasteiger partial charge is 0.316 e. The van der Waals surface area contributed by atoms with Crippen molar-refractivity contribution in [1.82, 2.24) is 14.1 Å². The number of carbonyl (C=O) groups is 1. The summed E-state index contributed by atoms with van der Waals surface area (Å²) >= 11 is 7.98. The lowest BCUT2D eigenvalue weighted by molar-refractivity contribution is -0.139. The van der Waals surface area contributed by atoms with E-state index in [1.807, 2.05) is 55.5 Å². The number of hydrogen-bond donors (Lipinski definition) is 0. The number of thioether (sulfide) groups is 1. The van der Waals surface area contributed by atoms with Crippen LogP contribution in [0.5, 0.6) is 5.75 Å². The van der Waals surface area contributed by atoms with E-state index in [1.54, 1.807) is 23.2 Å². The lowest BCUT2D eigenvalue weighted by atomic mass is 10.2. The first-order valence-corrected chi connectivity index (χ1v) is 12.3. The highest BCUT2D eigenvalue weighted by atomic mass is 32.2. The number of carbonyl (C=O) groups excluding carboxylic acids is 1. The van der Waals surface area contributed by atoms with Crippen molar-refractivity contribution in [3.63, 3.8) is 0 Å². The van der Waals surface area contributed by atoms with Gasteiger partial charge in [0.25, 0.3) is 5.56 Å². The molecule has 0 N–H and O–H groups in total. The van der Waals surface area contributed by atoms with Crippen LogP contribution in [0.4, 0.5) is 0 Å². The van der Waals surface area contributed by atoms with Crippen LogP contribution in [0.2, 0.25) is 0 Å². The average Bonchev–Trinajstić information content (AvgIpc) is 3.15.